The minimum Gasteiger partial charge on any atom is -0.508 e. The molecule has 0 aliphatic rings. The van der Waals surface area contributed by atoms with E-state index in [0.717, 1.165) is 12.8 Å². The van der Waals surface area contributed by atoms with Crippen molar-refractivity contribution in [2.75, 3.05) is 7.11 Å². The molecule has 1 aromatic rings. The molecule has 0 bridgehead atoms. The van der Waals surface area contributed by atoms with E-state index in [-0.39, 0.29) is 11.4 Å². The fraction of sp³-hybridized carbons (Fsp3) is 0.588. The molecule has 1 rings (SSSR count). The molecule has 0 aliphatic carbocycles. The highest BCUT2D eigenvalue weighted by Gasteiger charge is 2.25. The Balaban J connectivity index is 0.000000370. The van der Waals surface area contributed by atoms with E-state index in [9.17, 15) is 4.79 Å². The summed E-state index contributed by atoms with van der Waals surface area (Å²) in [5, 5.41) is 9.01. The lowest BCUT2D eigenvalue weighted by Gasteiger charge is -2.17. The first-order valence-electron chi connectivity index (χ1n) is 7.15. The highest BCUT2D eigenvalue weighted by molar-refractivity contribution is 5.75. The smallest absolute Gasteiger partial charge is 0.311 e. The minimum atomic E-state index is -0.311. The Morgan fingerprint density at radius 1 is 1.25 bits per heavy atom. The first-order valence-corrected chi connectivity index (χ1v) is 7.15. The van der Waals surface area contributed by atoms with Gasteiger partial charge in [0, 0.05) is 0 Å². The zero-order valence-electron chi connectivity index (χ0n) is 13.6. The fourth-order valence-corrected chi connectivity index (χ4v) is 1.46. The highest BCUT2D eigenvalue weighted by atomic mass is 16.5. The summed E-state index contributed by atoms with van der Waals surface area (Å²) < 4.78 is 4.57. The van der Waals surface area contributed by atoms with E-state index in [2.05, 4.69) is 18.6 Å². The van der Waals surface area contributed by atoms with Crippen molar-refractivity contribution in [3.63, 3.8) is 0 Å². The molecule has 0 spiro atoms. The van der Waals surface area contributed by atoms with Crippen LogP contribution >= 0.6 is 0 Å². The van der Waals surface area contributed by atoms with Crippen molar-refractivity contribution in [3.8, 4) is 5.75 Å². The molecular weight excluding hydrogens is 252 g/mol. The van der Waals surface area contributed by atoms with Gasteiger partial charge in [0.15, 0.2) is 0 Å². The van der Waals surface area contributed by atoms with Crippen molar-refractivity contribution in [3.05, 3.63) is 29.8 Å². The van der Waals surface area contributed by atoms with Crippen LogP contribution in [0.1, 0.15) is 58.9 Å². The van der Waals surface area contributed by atoms with Gasteiger partial charge in [-0.05, 0) is 50.3 Å². The molecule has 1 atom stereocenters. The third-order valence-corrected chi connectivity index (χ3v) is 3.70. The summed E-state index contributed by atoms with van der Waals surface area (Å²) in [5.41, 5.74) is 0.986. The Morgan fingerprint density at radius 2 is 1.75 bits per heavy atom. The van der Waals surface area contributed by atoms with E-state index in [1.165, 1.54) is 12.7 Å². The molecule has 0 aromatic heterocycles. The molecule has 0 heterocycles. The molecule has 1 aromatic carbocycles. The number of ether oxygens (including phenoxy) is 1. The van der Waals surface area contributed by atoms with Gasteiger partial charge in [-0.15, -0.1) is 0 Å². The number of hydrogen-bond donors (Lipinski definition) is 1. The van der Waals surface area contributed by atoms with Crippen LogP contribution in [0.25, 0.3) is 0 Å². The normalized spacial score (nSPS) is 12.1. The Bertz CT molecular complexity index is 393. The lowest BCUT2D eigenvalue weighted by atomic mass is 9.91. The third kappa shape index (κ3) is 6.09. The number of carbonyl (C=O) groups excluding carboxylic acids is 1. The Kier molecular flexibility index (Phi) is 7.97. The molecule has 20 heavy (non-hydrogen) atoms. The van der Waals surface area contributed by atoms with Crippen molar-refractivity contribution in [1.82, 2.24) is 0 Å². The van der Waals surface area contributed by atoms with Crippen LogP contribution in [0.2, 0.25) is 0 Å². The fourth-order valence-electron chi connectivity index (χ4n) is 1.46. The van der Waals surface area contributed by atoms with E-state index in [1.54, 1.807) is 12.1 Å². The van der Waals surface area contributed by atoms with E-state index in [0.29, 0.717) is 11.7 Å². The minimum absolute atomic E-state index is 0.134. The van der Waals surface area contributed by atoms with E-state index in [4.69, 9.17) is 5.11 Å². The summed E-state index contributed by atoms with van der Waals surface area (Å²) >= 11 is 0. The van der Waals surface area contributed by atoms with Gasteiger partial charge in [0.2, 0.25) is 0 Å². The number of hydrogen-bond acceptors (Lipinski definition) is 3. The zero-order valence-corrected chi connectivity index (χ0v) is 13.6. The van der Waals surface area contributed by atoms with Gasteiger partial charge < -0.3 is 9.84 Å². The van der Waals surface area contributed by atoms with Crippen LogP contribution in [0.15, 0.2) is 24.3 Å². The monoisotopic (exact) mass is 280 g/mol. The van der Waals surface area contributed by atoms with Crippen molar-refractivity contribution >= 4 is 5.97 Å². The van der Waals surface area contributed by atoms with Gasteiger partial charge in [-0.3, -0.25) is 4.79 Å². The molecule has 0 radical (unpaired) electrons. The quantitative estimate of drug-likeness (QED) is 0.826. The van der Waals surface area contributed by atoms with Crippen molar-refractivity contribution < 1.29 is 14.6 Å². The Labute approximate surface area is 123 Å². The van der Waals surface area contributed by atoms with E-state index < -0.39 is 0 Å². The second-order valence-corrected chi connectivity index (χ2v) is 5.63. The molecule has 1 N–H and O–H groups in total. The Morgan fingerprint density at radius 3 is 2.05 bits per heavy atom. The van der Waals surface area contributed by atoms with Crippen molar-refractivity contribution in [2.24, 2.45) is 5.41 Å². The average Bonchev–Trinajstić information content (AvgIpc) is 2.46. The van der Waals surface area contributed by atoms with Gasteiger partial charge in [-0.25, -0.2) is 0 Å². The summed E-state index contributed by atoms with van der Waals surface area (Å²) in [5.74, 6) is 0.803. The third-order valence-electron chi connectivity index (χ3n) is 3.70. The van der Waals surface area contributed by atoms with Gasteiger partial charge in [0.1, 0.15) is 5.75 Å². The maximum Gasteiger partial charge on any atom is 0.311 e. The first kappa shape index (κ1) is 18.5. The number of phenols is 1. The van der Waals surface area contributed by atoms with Crippen LogP contribution in [-0.2, 0) is 9.53 Å². The molecule has 0 saturated heterocycles. The van der Waals surface area contributed by atoms with E-state index >= 15 is 0 Å². The standard InChI is InChI=1S/C10H14O.C7H14O2/c1-3-8(2)9-4-6-10(11)7-5-9;1-5-7(2,3)6(8)9-4/h4-8,11H,3H2,1-2H3;5H2,1-4H3. The van der Waals surface area contributed by atoms with Crippen LogP contribution in [-0.4, -0.2) is 18.2 Å². The summed E-state index contributed by atoms with van der Waals surface area (Å²) in [6, 6.07) is 7.43. The molecule has 0 saturated carbocycles. The lowest BCUT2D eigenvalue weighted by molar-refractivity contribution is -0.150. The molecule has 0 fully saturated rings. The number of phenolic OH excluding ortho intramolecular Hbond substituents is 1. The van der Waals surface area contributed by atoms with Crippen molar-refractivity contribution in [1.29, 1.82) is 0 Å². The number of esters is 1. The molecule has 114 valence electrons. The van der Waals surface area contributed by atoms with Gasteiger partial charge >= 0.3 is 5.97 Å². The summed E-state index contributed by atoms with van der Waals surface area (Å²) in [6.07, 6.45) is 1.96. The number of aromatic hydroxyl groups is 1. The summed E-state index contributed by atoms with van der Waals surface area (Å²) in [6.45, 7) is 10.1. The molecule has 1 unspecified atom stereocenters. The molecule has 3 heteroatoms. The maximum atomic E-state index is 10.8. The molecular formula is C17H28O3. The molecule has 0 amide bonds. The number of methoxy groups -OCH3 is 1. The Hall–Kier alpha value is -1.51. The van der Waals surface area contributed by atoms with Crippen molar-refractivity contribution in [2.45, 2.75) is 53.4 Å². The first-order chi connectivity index (χ1) is 9.28. The number of benzene rings is 1. The predicted octanol–water partition coefficient (Wildman–Crippen LogP) is 4.50. The second kappa shape index (κ2) is 8.62. The molecule has 0 aliphatic heterocycles. The van der Waals surface area contributed by atoms with Crippen LogP contribution in [0.4, 0.5) is 0 Å². The maximum absolute atomic E-state index is 10.8. The summed E-state index contributed by atoms with van der Waals surface area (Å²) in [7, 11) is 1.42. The van der Waals surface area contributed by atoms with Gasteiger partial charge in [-0.2, -0.15) is 0 Å². The highest BCUT2D eigenvalue weighted by Crippen LogP contribution is 2.21. The lowest BCUT2D eigenvalue weighted by Crippen LogP contribution is -2.24. The largest absolute Gasteiger partial charge is 0.508 e. The SMILES string of the molecule is CCC(C)(C)C(=O)OC.CCC(C)c1ccc(O)cc1. The van der Waals surface area contributed by atoms with Gasteiger partial charge in [0.05, 0.1) is 12.5 Å². The number of carbonyl (C=O) groups is 1. The second-order valence-electron chi connectivity index (χ2n) is 5.63. The number of rotatable bonds is 4. The van der Waals surface area contributed by atoms with Crippen LogP contribution in [0.5, 0.6) is 5.75 Å². The van der Waals surface area contributed by atoms with Crippen LogP contribution < -0.4 is 0 Å². The van der Waals surface area contributed by atoms with E-state index in [1.807, 2.05) is 32.9 Å². The zero-order chi connectivity index (χ0) is 15.8. The van der Waals surface area contributed by atoms with Gasteiger partial charge in [-0.1, -0.05) is 32.9 Å². The predicted molar refractivity (Wildman–Crippen MR) is 82.9 cm³/mol. The van der Waals surface area contributed by atoms with Gasteiger partial charge in [0.25, 0.3) is 0 Å². The topological polar surface area (TPSA) is 46.5 Å². The van der Waals surface area contributed by atoms with Crippen LogP contribution in [0, 0.1) is 5.41 Å². The molecule has 3 nitrogen and oxygen atoms in total. The average molecular weight is 280 g/mol. The summed E-state index contributed by atoms with van der Waals surface area (Å²) in [4.78, 5) is 10.8. The van der Waals surface area contributed by atoms with Crippen LogP contribution in [0.3, 0.4) is 0 Å².